The quantitative estimate of drug-likeness (QED) is 0.656. The summed E-state index contributed by atoms with van der Waals surface area (Å²) < 4.78 is 38.5. The minimum Gasteiger partial charge on any atom is -0.508 e. The zero-order valence-corrected chi connectivity index (χ0v) is 11.1. The monoisotopic (exact) mass is 294 g/mol. The molecule has 0 unspecified atom stereocenters. The average Bonchev–Trinajstić information content (AvgIpc) is 2.45. The Balaban J connectivity index is 2.23. The van der Waals surface area contributed by atoms with E-state index in [1.807, 2.05) is 0 Å². The molecule has 0 bridgehead atoms. The summed E-state index contributed by atoms with van der Waals surface area (Å²) >= 11 is 0. The molecule has 110 valence electrons. The molecule has 0 radical (unpaired) electrons. The summed E-state index contributed by atoms with van der Waals surface area (Å²) in [5.41, 5.74) is 2.76. The van der Waals surface area contributed by atoms with Crippen LogP contribution in [0, 0.1) is 0 Å². The molecule has 6 heteroatoms. The second-order valence-electron chi connectivity index (χ2n) is 4.40. The molecular weight excluding hydrogens is 281 g/mol. The maximum atomic E-state index is 12.8. The van der Waals surface area contributed by atoms with Gasteiger partial charge in [-0.25, -0.2) is 0 Å². The molecule has 2 N–H and O–H groups in total. The number of alkyl halides is 3. The Labute approximate surface area is 119 Å². The zero-order valence-electron chi connectivity index (χ0n) is 11.1. The van der Waals surface area contributed by atoms with Gasteiger partial charge < -0.3 is 5.11 Å². The van der Waals surface area contributed by atoms with Crippen molar-refractivity contribution >= 4 is 11.4 Å². The Hall–Kier alpha value is -2.50. The van der Waals surface area contributed by atoms with Crippen LogP contribution in [0.15, 0.2) is 53.6 Å². The third kappa shape index (κ3) is 3.75. The largest absolute Gasteiger partial charge is 0.508 e. The SMILES string of the molecule is C/C(=N\Nc1ccccc1C(F)(F)F)c1ccc(O)cc1. The molecule has 2 aromatic rings. The number of phenols is 1. The number of hydrogen-bond donors (Lipinski definition) is 2. The van der Waals surface area contributed by atoms with Crippen molar-refractivity contribution in [3.05, 3.63) is 59.7 Å². The molecule has 0 amide bonds. The van der Waals surface area contributed by atoms with E-state index in [1.165, 1.54) is 30.3 Å². The van der Waals surface area contributed by atoms with E-state index < -0.39 is 11.7 Å². The van der Waals surface area contributed by atoms with Crippen molar-refractivity contribution < 1.29 is 18.3 Å². The molecule has 0 aliphatic carbocycles. The van der Waals surface area contributed by atoms with Crippen molar-refractivity contribution in [3.63, 3.8) is 0 Å². The highest BCUT2D eigenvalue weighted by atomic mass is 19.4. The van der Waals surface area contributed by atoms with Crippen molar-refractivity contribution in [1.29, 1.82) is 0 Å². The summed E-state index contributed by atoms with van der Waals surface area (Å²) in [5.74, 6) is 0.113. The van der Waals surface area contributed by atoms with Crippen molar-refractivity contribution in [2.24, 2.45) is 5.10 Å². The van der Waals surface area contributed by atoms with Crippen LogP contribution in [0.1, 0.15) is 18.1 Å². The van der Waals surface area contributed by atoms with Gasteiger partial charge in [0.15, 0.2) is 0 Å². The minimum absolute atomic E-state index is 0.108. The first-order valence-corrected chi connectivity index (χ1v) is 6.14. The van der Waals surface area contributed by atoms with E-state index in [0.717, 1.165) is 6.07 Å². The maximum absolute atomic E-state index is 12.8. The summed E-state index contributed by atoms with van der Waals surface area (Å²) in [7, 11) is 0. The average molecular weight is 294 g/mol. The number of hydrazone groups is 1. The van der Waals surface area contributed by atoms with Gasteiger partial charge in [0, 0.05) is 0 Å². The molecule has 0 aromatic heterocycles. The summed E-state index contributed by atoms with van der Waals surface area (Å²) in [5, 5.41) is 13.1. The third-order valence-electron chi connectivity index (χ3n) is 2.86. The van der Waals surface area contributed by atoms with Crippen LogP contribution in [0.5, 0.6) is 5.75 Å². The second-order valence-corrected chi connectivity index (χ2v) is 4.40. The first-order chi connectivity index (χ1) is 9.88. The summed E-state index contributed by atoms with van der Waals surface area (Å²) in [6.07, 6.45) is -4.44. The third-order valence-corrected chi connectivity index (χ3v) is 2.86. The molecule has 0 heterocycles. The van der Waals surface area contributed by atoms with Gasteiger partial charge in [-0.05, 0) is 48.9 Å². The number of phenolic OH excluding ortho intramolecular Hbond substituents is 1. The Kier molecular flexibility index (Phi) is 4.16. The fraction of sp³-hybridized carbons (Fsp3) is 0.133. The lowest BCUT2D eigenvalue weighted by Gasteiger charge is -2.12. The van der Waals surface area contributed by atoms with Gasteiger partial charge in [0.05, 0.1) is 17.0 Å². The fourth-order valence-electron chi connectivity index (χ4n) is 1.74. The highest BCUT2D eigenvalue weighted by molar-refractivity contribution is 5.99. The highest BCUT2D eigenvalue weighted by Gasteiger charge is 2.33. The molecule has 0 atom stereocenters. The van der Waals surface area contributed by atoms with Gasteiger partial charge in [-0.15, -0.1) is 0 Å². The van der Waals surface area contributed by atoms with Gasteiger partial charge in [-0.1, -0.05) is 12.1 Å². The summed E-state index contributed by atoms with van der Waals surface area (Å²) in [6, 6.07) is 11.4. The van der Waals surface area contributed by atoms with Gasteiger partial charge in [-0.2, -0.15) is 18.3 Å². The van der Waals surface area contributed by atoms with E-state index >= 15 is 0 Å². The molecule has 2 aromatic carbocycles. The number of hydrogen-bond acceptors (Lipinski definition) is 3. The smallest absolute Gasteiger partial charge is 0.418 e. The van der Waals surface area contributed by atoms with Crippen LogP contribution in [-0.4, -0.2) is 10.8 Å². The number of rotatable bonds is 3. The number of nitrogens with one attached hydrogen (secondary N) is 1. The van der Waals surface area contributed by atoms with E-state index in [0.29, 0.717) is 11.3 Å². The van der Waals surface area contributed by atoms with Crippen molar-refractivity contribution in [2.75, 3.05) is 5.43 Å². The molecule has 0 saturated carbocycles. The first-order valence-electron chi connectivity index (χ1n) is 6.14. The summed E-state index contributed by atoms with van der Waals surface area (Å²) in [4.78, 5) is 0. The van der Waals surface area contributed by atoms with Crippen LogP contribution >= 0.6 is 0 Å². The van der Waals surface area contributed by atoms with E-state index in [4.69, 9.17) is 0 Å². The highest BCUT2D eigenvalue weighted by Crippen LogP contribution is 2.34. The van der Waals surface area contributed by atoms with Gasteiger partial charge in [0.25, 0.3) is 0 Å². The lowest BCUT2D eigenvalue weighted by Crippen LogP contribution is -2.09. The van der Waals surface area contributed by atoms with E-state index in [2.05, 4.69) is 10.5 Å². The topological polar surface area (TPSA) is 44.6 Å². The molecule has 21 heavy (non-hydrogen) atoms. The molecular formula is C15H13F3N2O. The van der Waals surface area contributed by atoms with Crippen molar-refractivity contribution in [1.82, 2.24) is 0 Å². The fourth-order valence-corrected chi connectivity index (χ4v) is 1.74. The van der Waals surface area contributed by atoms with Crippen LogP contribution < -0.4 is 5.43 Å². The Bertz CT molecular complexity index is 649. The van der Waals surface area contributed by atoms with Crippen LogP contribution in [0.3, 0.4) is 0 Å². The lowest BCUT2D eigenvalue weighted by molar-refractivity contribution is -0.136. The standard InChI is InChI=1S/C15H13F3N2O/c1-10(11-6-8-12(21)9-7-11)19-20-14-5-3-2-4-13(14)15(16,17)18/h2-9,20-21H,1H3/b19-10+. The van der Waals surface area contributed by atoms with Crippen LogP contribution in [0.25, 0.3) is 0 Å². The second kappa shape index (κ2) is 5.87. The molecule has 0 fully saturated rings. The summed E-state index contributed by atoms with van der Waals surface area (Å²) in [6.45, 7) is 1.66. The zero-order chi connectivity index (χ0) is 15.5. The van der Waals surface area contributed by atoms with E-state index in [9.17, 15) is 18.3 Å². The van der Waals surface area contributed by atoms with Crippen molar-refractivity contribution in [2.45, 2.75) is 13.1 Å². The Morgan fingerprint density at radius 2 is 1.67 bits per heavy atom. The van der Waals surface area contributed by atoms with Crippen molar-refractivity contribution in [3.8, 4) is 5.75 Å². The first kappa shape index (κ1) is 14.9. The maximum Gasteiger partial charge on any atom is 0.418 e. The molecule has 0 spiro atoms. The molecule has 3 nitrogen and oxygen atoms in total. The van der Waals surface area contributed by atoms with E-state index in [-0.39, 0.29) is 11.4 Å². The Morgan fingerprint density at radius 1 is 1.05 bits per heavy atom. The molecule has 0 aliphatic rings. The number of aromatic hydroxyl groups is 1. The number of anilines is 1. The van der Waals surface area contributed by atoms with Gasteiger partial charge in [0.1, 0.15) is 5.75 Å². The minimum atomic E-state index is -4.44. The molecule has 0 saturated heterocycles. The molecule has 2 rings (SSSR count). The predicted molar refractivity (Wildman–Crippen MR) is 75.4 cm³/mol. The van der Waals surface area contributed by atoms with Crippen LogP contribution in [-0.2, 0) is 6.18 Å². The number of benzene rings is 2. The van der Waals surface area contributed by atoms with E-state index in [1.54, 1.807) is 19.1 Å². The normalized spacial score (nSPS) is 12.3. The predicted octanol–water partition coefficient (Wildman–Crippen LogP) is 4.25. The van der Waals surface area contributed by atoms with Gasteiger partial charge in [-0.3, -0.25) is 5.43 Å². The number of halogens is 3. The van der Waals surface area contributed by atoms with Crippen LogP contribution in [0.4, 0.5) is 18.9 Å². The Morgan fingerprint density at radius 3 is 2.29 bits per heavy atom. The van der Waals surface area contributed by atoms with Gasteiger partial charge in [0.2, 0.25) is 0 Å². The molecule has 0 aliphatic heterocycles. The number of para-hydroxylation sites is 1. The number of nitrogens with zero attached hydrogens (tertiary/aromatic N) is 1. The lowest BCUT2D eigenvalue weighted by atomic mass is 10.1. The van der Waals surface area contributed by atoms with Gasteiger partial charge >= 0.3 is 6.18 Å². The van der Waals surface area contributed by atoms with Crippen LogP contribution in [0.2, 0.25) is 0 Å².